The number of benzene rings is 1. The summed E-state index contributed by atoms with van der Waals surface area (Å²) in [7, 11) is 0. The number of fused-ring (bicyclic) bond motifs is 1. The Bertz CT molecular complexity index is 473. The van der Waals surface area contributed by atoms with Gasteiger partial charge in [-0.25, -0.2) is 0 Å². The number of hydrogen-bond acceptors (Lipinski definition) is 3. The smallest absolute Gasteiger partial charge is 0.230 e. The fourth-order valence-corrected chi connectivity index (χ4v) is 2.90. The number of rotatable bonds is 4. The van der Waals surface area contributed by atoms with Gasteiger partial charge >= 0.3 is 0 Å². The molecule has 0 saturated carbocycles. The zero-order chi connectivity index (χ0) is 14.7. The first-order valence-electron chi connectivity index (χ1n) is 7.31. The molecule has 1 aromatic carbocycles. The highest BCUT2D eigenvalue weighted by Crippen LogP contribution is 2.35. The number of aliphatic hydroxyl groups is 1. The van der Waals surface area contributed by atoms with Gasteiger partial charge in [0.25, 0.3) is 0 Å². The summed E-state index contributed by atoms with van der Waals surface area (Å²) in [6, 6.07) is 8.39. The highest BCUT2D eigenvalue weighted by molar-refractivity contribution is 5.86. The van der Waals surface area contributed by atoms with E-state index in [1.54, 1.807) is 4.90 Å². The number of amides is 1. The molecule has 0 fully saturated rings. The van der Waals surface area contributed by atoms with Crippen LogP contribution in [-0.2, 0) is 4.79 Å². The lowest BCUT2D eigenvalue weighted by atomic mass is 9.86. The summed E-state index contributed by atoms with van der Waals surface area (Å²) in [5.41, 5.74) is 2.12. The van der Waals surface area contributed by atoms with Crippen molar-refractivity contribution in [2.75, 3.05) is 18.5 Å². The van der Waals surface area contributed by atoms with E-state index >= 15 is 0 Å². The predicted octanol–water partition coefficient (Wildman–Crippen LogP) is 2.20. The van der Waals surface area contributed by atoms with E-state index in [1.807, 2.05) is 38.1 Å². The van der Waals surface area contributed by atoms with Crippen molar-refractivity contribution in [1.29, 1.82) is 0 Å². The van der Waals surface area contributed by atoms with E-state index in [1.165, 1.54) is 0 Å². The first-order valence-corrected chi connectivity index (χ1v) is 7.31. The van der Waals surface area contributed by atoms with Crippen LogP contribution >= 0.6 is 0 Å². The van der Waals surface area contributed by atoms with Crippen LogP contribution in [0.5, 0.6) is 0 Å². The Kier molecular flexibility index (Phi) is 4.65. The molecule has 0 aliphatic carbocycles. The Balaban J connectivity index is 2.29. The Labute approximate surface area is 120 Å². The molecule has 2 N–H and O–H groups in total. The second-order valence-corrected chi connectivity index (χ2v) is 5.77. The van der Waals surface area contributed by atoms with Crippen LogP contribution in [0.2, 0.25) is 0 Å². The van der Waals surface area contributed by atoms with Crippen molar-refractivity contribution in [3.05, 3.63) is 29.8 Å². The van der Waals surface area contributed by atoms with E-state index in [0.29, 0.717) is 6.54 Å². The third-order valence-corrected chi connectivity index (χ3v) is 3.87. The van der Waals surface area contributed by atoms with Crippen molar-refractivity contribution in [3.63, 3.8) is 0 Å². The van der Waals surface area contributed by atoms with Crippen molar-refractivity contribution in [1.82, 2.24) is 4.90 Å². The molecule has 0 aromatic heterocycles. The monoisotopic (exact) mass is 276 g/mol. The number of aliphatic hydroxyl groups excluding tert-OH is 1. The lowest BCUT2D eigenvalue weighted by molar-refractivity contribution is -0.135. The summed E-state index contributed by atoms with van der Waals surface area (Å²) in [5, 5.41) is 12.6. The Morgan fingerprint density at radius 3 is 2.80 bits per heavy atom. The van der Waals surface area contributed by atoms with Crippen molar-refractivity contribution in [3.8, 4) is 0 Å². The molecule has 0 radical (unpaired) electrons. The molecular formula is C16H24N2O2. The minimum atomic E-state index is -0.114. The number of carbonyl (C=O) groups excluding carboxylic acids is 1. The van der Waals surface area contributed by atoms with Gasteiger partial charge in [0.15, 0.2) is 0 Å². The number of carbonyl (C=O) groups is 1. The second kappa shape index (κ2) is 6.27. The summed E-state index contributed by atoms with van der Waals surface area (Å²) in [4.78, 5) is 14.6. The van der Waals surface area contributed by atoms with Crippen molar-refractivity contribution >= 4 is 11.6 Å². The van der Waals surface area contributed by atoms with Gasteiger partial charge in [-0.15, -0.1) is 0 Å². The standard InChI is InChI=1S/C16H24N2O2/c1-11(2)18(8-9-19)16(20)14-10-12(3)17-15-7-5-4-6-13(14)15/h4-7,11-12,14,17,19H,8-10H2,1-3H3. The highest BCUT2D eigenvalue weighted by Gasteiger charge is 2.33. The molecule has 0 spiro atoms. The molecule has 110 valence electrons. The van der Waals surface area contributed by atoms with Crippen LogP contribution in [0.25, 0.3) is 0 Å². The molecule has 0 bridgehead atoms. The topological polar surface area (TPSA) is 52.6 Å². The molecule has 0 saturated heterocycles. The summed E-state index contributed by atoms with van der Waals surface area (Å²) in [6.07, 6.45) is 0.796. The van der Waals surface area contributed by atoms with Crippen molar-refractivity contribution < 1.29 is 9.90 Å². The van der Waals surface area contributed by atoms with Gasteiger partial charge in [0.05, 0.1) is 12.5 Å². The SMILES string of the molecule is CC1CC(C(=O)N(CCO)C(C)C)c2ccccc2N1. The quantitative estimate of drug-likeness (QED) is 0.886. The van der Waals surface area contributed by atoms with E-state index in [2.05, 4.69) is 12.2 Å². The number of nitrogens with zero attached hydrogens (tertiary/aromatic N) is 1. The summed E-state index contributed by atoms with van der Waals surface area (Å²) in [5.74, 6) is 0.00579. The summed E-state index contributed by atoms with van der Waals surface area (Å²) in [6.45, 7) is 6.49. The first-order chi connectivity index (χ1) is 9.54. The fourth-order valence-electron chi connectivity index (χ4n) is 2.90. The largest absolute Gasteiger partial charge is 0.395 e. The van der Waals surface area contributed by atoms with Gasteiger partial charge in [-0.2, -0.15) is 0 Å². The molecule has 4 heteroatoms. The lowest BCUT2D eigenvalue weighted by Crippen LogP contribution is -2.44. The van der Waals surface area contributed by atoms with Crippen LogP contribution < -0.4 is 5.32 Å². The molecule has 2 rings (SSSR count). The maximum absolute atomic E-state index is 12.8. The predicted molar refractivity (Wildman–Crippen MR) is 80.8 cm³/mol. The Morgan fingerprint density at radius 1 is 1.45 bits per heavy atom. The third kappa shape index (κ3) is 2.96. The van der Waals surface area contributed by atoms with Crippen molar-refractivity contribution in [2.24, 2.45) is 0 Å². The van der Waals surface area contributed by atoms with Gasteiger partial charge in [0.1, 0.15) is 0 Å². The van der Waals surface area contributed by atoms with Crippen LogP contribution in [0.3, 0.4) is 0 Å². The number of nitrogens with one attached hydrogen (secondary N) is 1. The maximum atomic E-state index is 12.8. The van der Waals surface area contributed by atoms with Gasteiger partial charge in [0.2, 0.25) is 5.91 Å². The minimum Gasteiger partial charge on any atom is -0.395 e. The van der Waals surface area contributed by atoms with Gasteiger partial charge in [-0.05, 0) is 38.8 Å². The van der Waals surface area contributed by atoms with E-state index in [4.69, 9.17) is 0 Å². The Morgan fingerprint density at radius 2 is 2.15 bits per heavy atom. The summed E-state index contributed by atoms with van der Waals surface area (Å²) >= 11 is 0. The van der Waals surface area contributed by atoms with Gasteiger partial charge in [-0.3, -0.25) is 4.79 Å². The van der Waals surface area contributed by atoms with Crippen molar-refractivity contribution in [2.45, 2.75) is 45.2 Å². The van der Waals surface area contributed by atoms with Gasteiger partial charge in [-0.1, -0.05) is 18.2 Å². The summed E-state index contributed by atoms with van der Waals surface area (Å²) < 4.78 is 0. The Hall–Kier alpha value is -1.55. The molecule has 1 aliphatic heterocycles. The zero-order valence-corrected chi connectivity index (χ0v) is 12.5. The van der Waals surface area contributed by atoms with Crippen LogP contribution in [0.1, 0.15) is 38.7 Å². The highest BCUT2D eigenvalue weighted by atomic mass is 16.3. The second-order valence-electron chi connectivity index (χ2n) is 5.77. The minimum absolute atomic E-state index is 0.00604. The molecule has 1 aromatic rings. The van der Waals surface area contributed by atoms with Gasteiger partial charge in [0, 0.05) is 24.3 Å². The molecule has 2 unspecified atom stereocenters. The average Bonchev–Trinajstić information content (AvgIpc) is 2.42. The molecule has 1 heterocycles. The van der Waals surface area contributed by atoms with Crippen LogP contribution in [-0.4, -0.2) is 41.1 Å². The average molecular weight is 276 g/mol. The normalized spacial score (nSPS) is 21.2. The number of anilines is 1. The number of para-hydroxylation sites is 1. The van der Waals surface area contributed by atoms with E-state index in [-0.39, 0.29) is 30.5 Å². The first kappa shape index (κ1) is 14.9. The van der Waals surface area contributed by atoms with Crippen LogP contribution in [0.4, 0.5) is 5.69 Å². The van der Waals surface area contributed by atoms with Crippen LogP contribution in [0.15, 0.2) is 24.3 Å². The van der Waals surface area contributed by atoms with E-state index < -0.39 is 0 Å². The zero-order valence-electron chi connectivity index (χ0n) is 12.5. The maximum Gasteiger partial charge on any atom is 0.230 e. The molecule has 20 heavy (non-hydrogen) atoms. The molecule has 1 aliphatic rings. The number of hydrogen-bond donors (Lipinski definition) is 2. The van der Waals surface area contributed by atoms with Gasteiger partial charge < -0.3 is 15.3 Å². The van der Waals surface area contributed by atoms with E-state index in [9.17, 15) is 9.90 Å². The molecule has 1 amide bonds. The molecule has 4 nitrogen and oxygen atoms in total. The van der Waals surface area contributed by atoms with E-state index in [0.717, 1.165) is 17.7 Å². The fraction of sp³-hybridized carbons (Fsp3) is 0.562. The lowest BCUT2D eigenvalue weighted by Gasteiger charge is -2.35. The third-order valence-electron chi connectivity index (χ3n) is 3.87. The van der Waals surface area contributed by atoms with Crippen LogP contribution in [0, 0.1) is 0 Å². The molecular weight excluding hydrogens is 252 g/mol. The molecule has 2 atom stereocenters.